The summed E-state index contributed by atoms with van der Waals surface area (Å²) in [5.41, 5.74) is 2.26. The monoisotopic (exact) mass is 173 g/mol. The van der Waals surface area contributed by atoms with Crippen molar-refractivity contribution in [3.8, 4) is 0 Å². The second kappa shape index (κ2) is 4.30. The lowest BCUT2D eigenvalue weighted by molar-refractivity contribution is 0.232. The largest absolute Gasteiger partial charge is 0.335 e. The first-order valence-corrected chi connectivity index (χ1v) is 4.12. The average Bonchev–Trinajstić information content (AvgIpc) is 1.82. The van der Waals surface area contributed by atoms with Crippen LogP contribution >= 0.6 is 0 Å². The molecule has 12 heavy (non-hydrogen) atoms. The van der Waals surface area contributed by atoms with Crippen LogP contribution < -0.4 is 16.6 Å². The Bertz CT molecular complexity index is 151. The van der Waals surface area contributed by atoms with Crippen LogP contribution in [0, 0.1) is 5.41 Å². The third-order valence-corrected chi connectivity index (χ3v) is 1.43. The van der Waals surface area contributed by atoms with E-state index >= 15 is 0 Å². The van der Waals surface area contributed by atoms with Gasteiger partial charge in [0.05, 0.1) is 0 Å². The lowest BCUT2D eigenvalue weighted by Gasteiger charge is -2.23. The van der Waals surface area contributed by atoms with Crippen molar-refractivity contribution in [1.29, 1.82) is 0 Å². The normalized spacial score (nSPS) is 13.8. The first-order valence-electron chi connectivity index (χ1n) is 4.12. The zero-order valence-electron chi connectivity index (χ0n) is 8.27. The van der Waals surface area contributed by atoms with Crippen LogP contribution in [0.4, 0.5) is 4.79 Å². The molecule has 4 heteroatoms. The van der Waals surface area contributed by atoms with Gasteiger partial charge in [0, 0.05) is 6.04 Å². The van der Waals surface area contributed by atoms with Crippen molar-refractivity contribution in [2.24, 2.45) is 11.3 Å². The predicted octanol–water partition coefficient (Wildman–Crippen LogP) is 0.984. The summed E-state index contributed by atoms with van der Waals surface area (Å²) in [5, 5.41) is 2.71. The molecule has 0 aromatic rings. The maximum absolute atomic E-state index is 10.8. The van der Waals surface area contributed by atoms with Crippen LogP contribution in [0.25, 0.3) is 0 Å². The molecule has 0 radical (unpaired) electrons. The van der Waals surface area contributed by atoms with Crippen LogP contribution in [0.15, 0.2) is 0 Å². The third kappa shape index (κ3) is 5.97. The molecule has 2 amide bonds. The molecule has 0 saturated heterocycles. The fraction of sp³-hybridized carbons (Fsp3) is 0.875. The highest BCUT2D eigenvalue weighted by molar-refractivity contribution is 5.73. The summed E-state index contributed by atoms with van der Waals surface area (Å²) in [5.74, 6) is 4.92. The highest BCUT2D eigenvalue weighted by Gasteiger charge is 2.15. The van der Waals surface area contributed by atoms with E-state index in [9.17, 15) is 4.79 Å². The van der Waals surface area contributed by atoms with Crippen LogP contribution in [-0.2, 0) is 0 Å². The highest BCUT2D eigenvalue weighted by atomic mass is 16.2. The number of nitrogens with one attached hydrogen (secondary N) is 2. The quantitative estimate of drug-likeness (QED) is 0.331. The molecule has 0 fully saturated rings. The molecule has 0 saturated carbocycles. The summed E-state index contributed by atoms with van der Waals surface area (Å²) in [6.07, 6.45) is 0.931. The van der Waals surface area contributed by atoms with E-state index in [-0.39, 0.29) is 17.5 Å². The molecule has 0 rings (SSSR count). The second-order valence-corrected chi connectivity index (χ2v) is 4.28. The fourth-order valence-corrected chi connectivity index (χ4v) is 1.24. The molecule has 0 bridgehead atoms. The Kier molecular flexibility index (Phi) is 4.03. The van der Waals surface area contributed by atoms with Crippen LogP contribution in [0.2, 0.25) is 0 Å². The van der Waals surface area contributed by atoms with Gasteiger partial charge in [-0.2, -0.15) is 0 Å². The van der Waals surface area contributed by atoms with Crippen LogP contribution in [0.5, 0.6) is 0 Å². The maximum Gasteiger partial charge on any atom is 0.329 e. The SMILES string of the molecule is CC(CC(C)(C)C)NC(=O)NN. The Balaban J connectivity index is 3.74. The molecule has 1 unspecified atom stereocenters. The highest BCUT2D eigenvalue weighted by Crippen LogP contribution is 2.20. The van der Waals surface area contributed by atoms with E-state index in [1.54, 1.807) is 0 Å². The van der Waals surface area contributed by atoms with Crippen molar-refractivity contribution in [2.45, 2.75) is 40.2 Å². The Morgan fingerprint density at radius 3 is 2.33 bits per heavy atom. The molecule has 72 valence electrons. The zero-order chi connectivity index (χ0) is 9.78. The Hall–Kier alpha value is -0.770. The third-order valence-electron chi connectivity index (χ3n) is 1.43. The number of urea groups is 1. The van der Waals surface area contributed by atoms with Crippen molar-refractivity contribution in [1.82, 2.24) is 10.7 Å². The van der Waals surface area contributed by atoms with Gasteiger partial charge in [0.1, 0.15) is 0 Å². The topological polar surface area (TPSA) is 67.2 Å². The molecule has 0 aromatic heterocycles. The first kappa shape index (κ1) is 11.2. The van der Waals surface area contributed by atoms with E-state index in [0.29, 0.717) is 0 Å². The summed E-state index contributed by atoms with van der Waals surface area (Å²) in [6.45, 7) is 8.35. The van der Waals surface area contributed by atoms with Crippen LogP contribution in [-0.4, -0.2) is 12.1 Å². The van der Waals surface area contributed by atoms with Gasteiger partial charge < -0.3 is 5.32 Å². The number of hydrazine groups is 1. The molecule has 1 atom stereocenters. The van der Waals surface area contributed by atoms with E-state index in [2.05, 4.69) is 26.1 Å². The van der Waals surface area contributed by atoms with Gasteiger partial charge in [0.2, 0.25) is 0 Å². The minimum Gasteiger partial charge on any atom is -0.335 e. The Morgan fingerprint density at radius 1 is 1.50 bits per heavy atom. The van der Waals surface area contributed by atoms with Crippen molar-refractivity contribution < 1.29 is 4.79 Å². The minimum atomic E-state index is -0.327. The Labute approximate surface area is 73.9 Å². The number of amides is 2. The molecule has 0 aromatic carbocycles. The van der Waals surface area contributed by atoms with E-state index in [4.69, 9.17) is 5.84 Å². The number of carbonyl (C=O) groups is 1. The lowest BCUT2D eigenvalue weighted by atomic mass is 9.89. The summed E-state index contributed by atoms with van der Waals surface area (Å²) >= 11 is 0. The number of hydrogen-bond donors (Lipinski definition) is 3. The van der Waals surface area contributed by atoms with Crippen molar-refractivity contribution in [3.63, 3.8) is 0 Å². The van der Waals surface area contributed by atoms with Crippen LogP contribution in [0.1, 0.15) is 34.1 Å². The van der Waals surface area contributed by atoms with Gasteiger partial charge in [-0.3, -0.25) is 5.43 Å². The van der Waals surface area contributed by atoms with Gasteiger partial charge in [-0.25, -0.2) is 10.6 Å². The number of nitrogens with two attached hydrogens (primary N) is 1. The summed E-state index contributed by atoms with van der Waals surface area (Å²) in [7, 11) is 0. The smallest absolute Gasteiger partial charge is 0.329 e. The van der Waals surface area contributed by atoms with Crippen LogP contribution in [0.3, 0.4) is 0 Å². The van der Waals surface area contributed by atoms with Gasteiger partial charge in [-0.05, 0) is 18.8 Å². The zero-order valence-corrected chi connectivity index (χ0v) is 8.27. The number of hydrogen-bond acceptors (Lipinski definition) is 2. The number of rotatable bonds is 2. The van der Waals surface area contributed by atoms with E-state index in [0.717, 1.165) is 6.42 Å². The molecule has 0 aliphatic carbocycles. The summed E-state index contributed by atoms with van der Waals surface area (Å²) < 4.78 is 0. The molecule has 4 nitrogen and oxygen atoms in total. The molecule has 0 spiro atoms. The van der Waals surface area contributed by atoms with Gasteiger partial charge >= 0.3 is 6.03 Å². The molecule has 0 aliphatic rings. The Morgan fingerprint density at radius 2 is 2.00 bits per heavy atom. The summed E-state index contributed by atoms with van der Waals surface area (Å²) in [4.78, 5) is 10.8. The molecule has 4 N–H and O–H groups in total. The van der Waals surface area contributed by atoms with Gasteiger partial charge in [0.15, 0.2) is 0 Å². The molecular weight excluding hydrogens is 154 g/mol. The lowest BCUT2D eigenvalue weighted by Crippen LogP contribution is -2.45. The fourth-order valence-electron chi connectivity index (χ4n) is 1.24. The minimum absolute atomic E-state index is 0.147. The van der Waals surface area contributed by atoms with Crippen molar-refractivity contribution >= 4 is 6.03 Å². The van der Waals surface area contributed by atoms with Crippen molar-refractivity contribution in [2.75, 3.05) is 0 Å². The maximum atomic E-state index is 10.8. The predicted molar refractivity (Wildman–Crippen MR) is 49.4 cm³/mol. The van der Waals surface area contributed by atoms with Gasteiger partial charge in [-0.15, -0.1) is 0 Å². The molecular formula is C8H19N3O. The van der Waals surface area contributed by atoms with Gasteiger partial charge in [-0.1, -0.05) is 20.8 Å². The second-order valence-electron chi connectivity index (χ2n) is 4.28. The standard InChI is InChI=1S/C8H19N3O/c1-6(5-8(2,3)4)10-7(12)11-9/h6H,5,9H2,1-4H3,(H2,10,11,12). The van der Waals surface area contributed by atoms with E-state index in [1.165, 1.54) is 0 Å². The molecule has 0 aliphatic heterocycles. The first-order chi connectivity index (χ1) is 5.35. The van der Waals surface area contributed by atoms with Crippen molar-refractivity contribution in [3.05, 3.63) is 0 Å². The average molecular weight is 173 g/mol. The summed E-state index contributed by atoms with van der Waals surface area (Å²) in [6, 6.07) is -0.180. The van der Waals surface area contributed by atoms with Gasteiger partial charge in [0.25, 0.3) is 0 Å². The molecule has 0 heterocycles. The van der Waals surface area contributed by atoms with E-state index in [1.807, 2.05) is 12.3 Å². The number of carbonyl (C=O) groups excluding carboxylic acids is 1. The van der Waals surface area contributed by atoms with E-state index < -0.39 is 0 Å².